The van der Waals surface area contributed by atoms with Crippen molar-refractivity contribution in [2.24, 2.45) is 0 Å². The summed E-state index contributed by atoms with van der Waals surface area (Å²) in [6, 6.07) is 15.2. The molecule has 0 unspecified atom stereocenters. The number of rotatable bonds is 3. The first kappa shape index (κ1) is 15.4. The van der Waals surface area contributed by atoms with Crippen LogP contribution in [0, 0.1) is 13.8 Å². The van der Waals surface area contributed by atoms with Crippen LogP contribution < -0.4 is 5.73 Å². The van der Waals surface area contributed by atoms with Gasteiger partial charge in [-0.3, -0.25) is 0 Å². The number of aromatic hydroxyl groups is 1. The summed E-state index contributed by atoms with van der Waals surface area (Å²) in [4.78, 5) is 9.54. The van der Waals surface area contributed by atoms with E-state index in [-0.39, 0.29) is 11.7 Å². The maximum Gasteiger partial charge on any atom is 0.221 e. The third kappa shape index (κ3) is 3.63. The predicted molar refractivity (Wildman–Crippen MR) is 93.6 cm³/mol. The van der Waals surface area contributed by atoms with Crippen LogP contribution in [-0.2, 0) is 0 Å². The van der Waals surface area contributed by atoms with Crippen LogP contribution >= 0.6 is 11.8 Å². The van der Waals surface area contributed by atoms with Gasteiger partial charge in [-0.2, -0.15) is 0 Å². The molecule has 0 spiro atoms. The van der Waals surface area contributed by atoms with Gasteiger partial charge in [0.05, 0.1) is 5.69 Å². The van der Waals surface area contributed by atoms with Crippen molar-refractivity contribution in [3.63, 3.8) is 0 Å². The number of phenolic OH excluding ortho intramolecular Hbond substituents is 1. The molecule has 3 N–H and O–H groups in total. The van der Waals surface area contributed by atoms with Crippen LogP contribution in [0.3, 0.4) is 0 Å². The summed E-state index contributed by atoms with van der Waals surface area (Å²) in [7, 11) is 0. The number of aryl methyl sites for hydroxylation is 2. The monoisotopic (exact) mass is 323 g/mol. The molecule has 0 radical (unpaired) electrons. The zero-order valence-electron chi connectivity index (χ0n) is 12.9. The first-order valence-corrected chi connectivity index (χ1v) is 8.02. The lowest BCUT2D eigenvalue weighted by atomic mass is 10.0. The number of anilines is 1. The Kier molecular flexibility index (Phi) is 4.21. The topological polar surface area (TPSA) is 72.0 Å². The average molecular weight is 323 g/mol. The van der Waals surface area contributed by atoms with Gasteiger partial charge >= 0.3 is 0 Å². The SMILES string of the molecule is Cc1ccc(-c2cc(Sc3cccc(O)c3)nc(N)n2)c(C)c1. The van der Waals surface area contributed by atoms with E-state index in [0.29, 0.717) is 0 Å². The quantitative estimate of drug-likeness (QED) is 0.707. The molecule has 0 saturated carbocycles. The van der Waals surface area contributed by atoms with E-state index in [2.05, 4.69) is 42.0 Å². The number of nitrogens with two attached hydrogens (primary N) is 1. The minimum atomic E-state index is 0.228. The van der Waals surface area contributed by atoms with Gasteiger partial charge in [0.1, 0.15) is 10.8 Å². The van der Waals surface area contributed by atoms with Crippen LogP contribution in [0.5, 0.6) is 5.75 Å². The van der Waals surface area contributed by atoms with Crippen molar-refractivity contribution in [3.05, 3.63) is 59.7 Å². The third-order valence-electron chi connectivity index (χ3n) is 3.42. The zero-order chi connectivity index (χ0) is 16.4. The lowest BCUT2D eigenvalue weighted by Gasteiger charge is -2.09. The highest BCUT2D eigenvalue weighted by Crippen LogP contribution is 2.32. The molecule has 0 amide bonds. The molecule has 0 saturated heterocycles. The Labute approximate surface area is 139 Å². The Balaban J connectivity index is 1.99. The Hall–Kier alpha value is -2.53. The molecular weight excluding hydrogens is 306 g/mol. The van der Waals surface area contributed by atoms with E-state index in [1.165, 1.54) is 17.3 Å². The summed E-state index contributed by atoms with van der Waals surface area (Å²) in [5.41, 5.74) is 10.1. The molecule has 5 heteroatoms. The fraction of sp³-hybridized carbons (Fsp3) is 0.111. The van der Waals surface area contributed by atoms with E-state index in [1.807, 2.05) is 12.1 Å². The number of hydrogen-bond acceptors (Lipinski definition) is 5. The van der Waals surface area contributed by atoms with Gasteiger partial charge in [0, 0.05) is 10.5 Å². The molecule has 3 rings (SSSR count). The molecule has 2 aromatic carbocycles. The molecule has 0 aliphatic rings. The Bertz CT molecular complexity index is 865. The van der Waals surface area contributed by atoms with E-state index < -0.39 is 0 Å². The Morgan fingerprint density at radius 2 is 1.83 bits per heavy atom. The van der Waals surface area contributed by atoms with Crippen molar-refractivity contribution in [3.8, 4) is 17.0 Å². The van der Waals surface area contributed by atoms with Crippen molar-refractivity contribution in [1.29, 1.82) is 0 Å². The van der Waals surface area contributed by atoms with Crippen LogP contribution in [0.2, 0.25) is 0 Å². The molecule has 0 bridgehead atoms. The number of nitrogens with zero attached hydrogens (tertiary/aromatic N) is 2. The average Bonchev–Trinajstić information content (AvgIpc) is 2.46. The van der Waals surface area contributed by atoms with E-state index >= 15 is 0 Å². The van der Waals surface area contributed by atoms with Crippen molar-refractivity contribution in [1.82, 2.24) is 9.97 Å². The first-order valence-electron chi connectivity index (χ1n) is 7.20. The minimum Gasteiger partial charge on any atom is -0.508 e. The second-order valence-electron chi connectivity index (χ2n) is 5.37. The number of phenols is 1. The highest BCUT2D eigenvalue weighted by molar-refractivity contribution is 7.99. The maximum absolute atomic E-state index is 9.57. The van der Waals surface area contributed by atoms with E-state index in [1.54, 1.807) is 18.2 Å². The minimum absolute atomic E-state index is 0.228. The van der Waals surface area contributed by atoms with Gasteiger partial charge in [-0.05, 0) is 43.7 Å². The van der Waals surface area contributed by atoms with E-state index in [0.717, 1.165) is 26.7 Å². The van der Waals surface area contributed by atoms with Gasteiger partial charge < -0.3 is 10.8 Å². The van der Waals surface area contributed by atoms with Crippen LogP contribution in [0.15, 0.2) is 58.5 Å². The maximum atomic E-state index is 9.57. The van der Waals surface area contributed by atoms with Gasteiger partial charge in [-0.15, -0.1) is 0 Å². The molecule has 0 aliphatic heterocycles. The van der Waals surface area contributed by atoms with E-state index in [4.69, 9.17) is 5.73 Å². The summed E-state index contributed by atoms with van der Waals surface area (Å²) in [5, 5.41) is 10.3. The molecule has 1 aromatic heterocycles. The van der Waals surface area contributed by atoms with Crippen LogP contribution in [-0.4, -0.2) is 15.1 Å². The summed E-state index contributed by atoms with van der Waals surface area (Å²) in [6.07, 6.45) is 0. The lowest BCUT2D eigenvalue weighted by molar-refractivity contribution is 0.474. The molecule has 23 heavy (non-hydrogen) atoms. The molecular formula is C18H17N3OS. The molecule has 0 atom stereocenters. The summed E-state index contributed by atoms with van der Waals surface area (Å²) in [5.74, 6) is 0.469. The highest BCUT2D eigenvalue weighted by atomic mass is 32.2. The van der Waals surface area contributed by atoms with Crippen LogP contribution in [0.1, 0.15) is 11.1 Å². The molecule has 1 heterocycles. The number of hydrogen-bond donors (Lipinski definition) is 2. The summed E-state index contributed by atoms with van der Waals surface area (Å²) in [6.45, 7) is 4.12. The van der Waals surface area contributed by atoms with Crippen molar-refractivity contribution >= 4 is 17.7 Å². The zero-order valence-corrected chi connectivity index (χ0v) is 13.8. The van der Waals surface area contributed by atoms with Crippen LogP contribution in [0.4, 0.5) is 5.95 Å². The largest absolute Gasteiger partial charge is 0.508 e. The Morgan fingerprint density at radius 3 is 2.57 bits per heavy atom. The smallest absolute Gasteiger partial charge is 0.221 e. The molecule has 4 nitrogen and oxygen atoms in total. The summed E-state index contributed by atoms with van der Waals surface area (Å²) >= 11 is 1.44. The molecule has 116 valence electrons. The second kappa shape index (κ2) is 6.30. The standard InChI is InChI=1S/C18H17N3OS/c1-11-6-7-15(12(2)8-11)16-10-17(21-18(19)20-16)23-14-5-3-4-13(22)9-14/h3-10,22H,1-2H3,(H2,19,20,21). The van der Waals surface area contributed by atoms with Gasteiger partial charge in [-0.1, -0.05) is 41.6 Å². The van der Waals surface area contributed by atoms with Gasteiger partial charge in [0.15, 0.2) is 0 Å². The lowest BCUT2D eigenvalue weighted by Crippen LogP contribution is -1.98. The van der Waals surface area contributed by atoms with E-state index in [9.17, 15) is 5.11 Å². The second-order valence-corrected chi connectivity index (χ2v) is 6.46. The van der Waals surface area contributed by atoms with Crippen molar-refractivity contribution < 1.29 is 5.11 Å². The number of nitrogen functional groups attached to an aromatic ring is 1. The molecule has 0 aliphatic carbocycles. The third-order valence-corrected chi connectivity index (χ3v) is 4.33. The summed E-state index contributed by atoms with van der Waals surface area (Å²) < 4.78 is 0. The highest BCUT2D eigenvalue weighted by Gasteiger charge is 2.09. The normalized spacial score (nSPS) is 10.7. The van der Waals surface area contributed by atoms with Crippen LogP contribution in [0.25, 0.3) is 11.3 Å². The van der Waals surface area contributed by atoms with Crippen molar-refractivity contribution in [2.45, 2.75) is 23.8 Å². The predicted octanol–water partition coefficient (Wildman–Crippen LogP) is 4.20. The molecule has 3 aromatic rings. The first-order chi connectivity index (χ1) is 11.0. The number of aromatic nitrogens is 2. The van der Waals surface area contributed by atoms with Gasteiger partial charge in [-0.25, -0.2) is 9.97 Å². The fourth-order valence-corrected chi connectivity index (χ4v) is 3.28. The van der Waals surface area contributed by atoms with Crippen molar-refractivity contribution in [2.75, 3.05) is 5.73 Å². The Morgan fingerprint density at radius 1 is 1.00 bits per heavy atom. The number of benzene rings is 2. The molecule has 0 fully saturated rings. The van der Waals surface area contributed by atoms with Gasteiger partial charge in [0.25, 0.3) is 0 Å². The fourth-order valence-electron chi connectivity index (χ4n) is 2.40. The van der Waals surface area contributed by atoms with Gasteiger partial charge in [0.2, 0.25) is 5.95 Å².